The Morgan fingerprint density at radius 1 is 1.38 bits per heavy atom. The SMILES string of the molecule is OC[C@H]1OC(c2ccncc2Cl)[C@H](O)[C@@H]1O. The number of aromatic nitrogens is 1. The molecule has 3 N–H and O–H groups in total. The van der Waals surface area contributed by atoms with E-state index >= 15 is 0 Å². The highest BCUT2D eigenvalue weighted by Gasteiger charge is 2.43. The number of rotatable bonds is 2. The van der Waals surface area contributed by atoms with Crippen LogP contribution in [0.5, 0.6) is 0 Å². The fraction of sp³-hybridized carbons (Fsp3) is 0.500. The molecule has 1 aromatic heterocycles. The van der Waals surface area contributed by atoms with Crippen LogP contribution in [0.25, 0.3) is 0 Å². The van der Waals surface area contributed by atoms with Crippen LogP contribution in [0.15, 0.2) is 18.5 Å². The molecular formula is C10H12ClNO4. The van der Waals surface area contributed by atoms with E-state index in [1.54, 1.807) is 6.07 Å². The van der Waals surface area contributed by atoms with E-state index in [4.69, 9.17) is 21.4 Å². The van der Waals surface area contributed by atoms with Crippen molar-refractivity contribution in [3.8, 4) is 0 Å². The minimum Gasteiger partial charge on any atom is -0.394 e. The lowest BCUT2D eigenvalue weighted by Gasteiger charge is -2.15. The van der Waals surface area contributed by atoms with Gasteiger partial charge in [-0.3, -0.25) is 4.98 Å². The molecule has 1 fully saturated rings. The second-order valence-electron chi connectivity index (χ2n) is 3.66. The molecule has 0 bridgehead atoms. The summed E-state index contributed by atoms with van der Waals surface area (Å²) in [5, 5.41) is 28.7. The molecule has 1 aliphatic rings. The lowest BCUT2D eigenvalue weighted by atomic mass is 10.0. The van der Waals surface area contributed by atoms with Crippen molar-refractivity contribution in [3.63, 3.8) is 0 Å². The Morgan fingerprint density at radius 2 is 2.12 bits per heavy atom. The first kappa shape index (κ1) is 11.8. The molecule has 0 saturated carbocycles. The van der Waals surface area contributed by atoms with Crippen molar-refractivity contribution in [3.05, 3.63) is 29.0 Å². The Kier molecular flexibility index (Phi) is 3.41. The molecule has 88 valence electrons. The number of halogens is 1. The molecule has 5 nitrogen and oxygen atoms in total. The largest absolute Gasteiger partial charge is 0.394 e. The van der Waals surface area contributed by atoms with Gasteiger partial charge in [-0.1, -0.05) is 11.6 Å². The molecule has 1 aliphatic heterocycles. The van der Waals surface area contributed by atoms with Crippen molar-refractivity contribution in [2.24, 2.45) is 0 Å². The van der Waals surface area contributed by atoms with Crippen LogP contribution < -0.4 is 0 Å². The molecule has 1 unspecified atom stereocenters. The highest BCUT2D eigenvalue weighted by Crippen LogP contribution is 2.36. The normalized spacial score (nSPS) is 34.2. The molecule has 1 saturated heterocycles. The number of aliphatic hydroxyl groups excluding tert-OH is 3. The zero-order valence-electron chi connectivity index (χ0n) is 8.32. The van der Waals surface area contributed by atoms with E-state index in [-0.39, 0.29) is 6.61 Å². The molecule has 0 aliphatic carbocycles. The fourth-order valence-corrected chi connectivity index (χ4v) is 2.00. The maximum absolute atomic E-state index is 9.77. The van der Waals surface area contributed by atoms with Gasteiger partial charge in [-0.2, -0.15) is 0 Å². The predicted molar refractivity (Wildman–Crippen MR) is 56.0 cm³/mol. The Hall–Kier alpha value is -0.720. The van der Waals surface area contributed by atoms with Crippen molar-refractivity contribution < 1.29 is 20.1 Å². The summed E-state index contributed by atoms with van der Waals surface area (Å²) in [4.78, 5) is 3.82. The van der Waals surface area contributed by atoms with Gasteiger partial charge in [0, 0.05) is 18.0 Å². The molecule has 0 amide bonds. The van der Waals surface area contributed by atoms with E-state index in [1.807, 2.05) is 0 Å². The number of aliphatic hydroxyl groups is 3. The first-order chi connectivity index (χ1) is 7.65. The van der Waals surface area contributed by atoms with Crippen molar-refractivity contribution in [1.29, 1.82) is 0 Å². The molecule has 2 heterocycles. The van der Waals surface area contributed by atoms with Crippen LogP contribution in [0.2, 0.25) is 5.02 Å². The summed E-state index contributed by atoms with van der Waals surface area (Å²) < 4.78 is 5.34. The van der Waals surface area contributed by atoms with Gasteiger partial charge >= 0.3 is 0 Å². The van der Waals surface area contributed by atoms with E-state index < -0.39 is 24.4 Å². The van der Waals surface area contributed by atoms with Crippen molar-refractivity contribution in [2.45, 2.75) is 24.4 Å². The van der Waals surface area contributed by atoms with Crippen LogP contribution in [0, 0.1) is 0 Å². The molecule has 16 heavy (non-hydrogen) atoms. The lowest BCUT2D eigenvalue weighted by Crippen LogP contribution is -2.32. The zero-order valence-corrected chi connectivity index (χ0v) is 9.08. The van der Waals surface area contributed by atoms with Gasteiger partial charge in [0.15, 0.2) is 0 Å². The van der Waals surface area contributed by atoms with Crippen molar-refractivity contribution in [1.82, 2.24) is 4.98 Å². The van der Waals surface area contributed by atoms with Crippen molar-refractivity contribution >= 4 is 11.6 Å². The van der Waals surface area contributed by atoms with Crippen molar-refractivity contribution in [2.75, 3.05) is 6.61 Å². The zero-order chi connectivity index (χ0) is 11.7. The Balaban J connectivity index is 2.26. The standard InChI is InChI=1S/C10H12ClNO4/c11-6-3-12-2-1-5(6)10-9(15)8(14)7(4-13)16-10/h1-3,7-10,13-15H,4H2/t7-,8-,9-,10?/m1/s1. The summed E-state index contributed by atoms with van der Waals surface area (Å²) in [6, 6.07) is 1.61. The van der Waals surface area contributed by atoms with Gasteiger partial charge in [-0.25, -0.2) is 0 Å². The summed E-state index contributed by atoms with van der Waals surface area (Å²) >= 11 is 5.91. The quantitative estimate of drug-likeness (QED) is 0.677. The first-order valence-electron chi connectivity index (χ1n) is 4.87. The monoisotopic (exact) mass is 245 g/mol. The summed E-state index contributed by atoms with van der Waals surface area (Å²) in [5.41, 5.74) is 0.555. The summed E-state index contributed by atoms with van der Waals surface area (Å²) in [7, 11) is 0. The predicted octanol–water partition coefficient (Wildman–Crippen LogP) is -0.111. The van der Waals surface area contributed by atoms with Crippen LogP contribution in [0.4, 0.5) is 0 Å². The molecule has 2 rings (SSSR count). The van der Waals surface area contributed by atoms with Crippen LogP contribution >= 0.6 is 11.6 Å². The smallest absolute Gasteiger partial charge is 0.113 e. The van der Waals surface area contributed by atoms with Crippen LogP contribution in [0.3, 0.4) is 0 Å². The highest BCUT2D eigenvalue weighted by atomic mass is 35.5. The van der Waals surface area contributed by atoms with E-state index in [2.05, 4.69) is 4.98 Å². The van der Waals surface area contributed by atoms with Gasteiger partial charge in [0.2, 0.25) is 0 Å². The van der Waals surface area contributed by atoms with Gasteiger partial charge in [-0.05, 0) is 6.07 Å². The topological polar surface area (TPSA) is 82.8 Å². The molecule has 1 aromatic rings. The second kappa shape index (κ2) is 4.65. The van der Waals surface area contributed by atoms with E-state index in [0.29, 0.717) is 10.6 Å². The number of nitrogens with zero attached hydrogens (tertiary/aromatic N) is 1. The van der Waals surface area contributed by atoms with Gasteiger partial charge in [0.25, 0.3) is 0 Å². The van der Waals surface area contributed by atoms with Gasteiger partial charge < -0.3 is 20.1 Å². The van der Waals surface area contributed by atoms with Crippen LogP contribution in [-0.2, 0) is 4.74 Å². The summed E-state index contributed by atoms with van der Waals surface area (Å²) in [5.74, 6) is 0. The average Bonchev–Trinajstić information content (AvgIpc) is 2.57. The lowest BCUT2D eigenvalue weighted by molar-refractivity contribution is -0.0227. The first-order valence-corrected chi connectivity index (χ1v) is 5.24. The van der Waals surface area contributed by atoms with E-state index in [9.17, 15) is 10.2 Å². The minimum absolute atomic E-state index is 0.350. The molecule has 6 heteroatoms. The van der Waals surface area contributed by atoms with Gasteiger partial charge in [0.1, 0.15) is 24.4 Å². The van der Waals surface area contributed by atoms with Gasteiger partial charge in [-0.15, -0.1) is 0 Å². The highest BCUT2D eigenvalue weighted by molar-refractivity contribution is 6.31. The second-order valence-corrected chi connectivity index (χ2v) is 4.06. The Bertz CT molecular complexity index is 376. The third kappa shape index (κ3) is 1.92. The maximum atomic E-state index is 9.77. The molecule has 4 atom stereocenters. The van der Waals surface area contributed by atoms with E-state index in [0.717, 1.165) is 0 Å². The van der Waals surface area contributed by atoms with Crippen LogP contribution in [-0.4, -0.2) is 45.2 Å². The van der Waals surface area contributed by atoms with Crippen LogP contribution in [0.1, 0.15) is 11.7 Å². The maximum Gasteiger partial charge on any atom is 0.113 e. The Morgan fingerprint density at radius 3 is 2.69 bits per heavy atom. The summed E-state index contributed by atoms with van der Waals surface area (Å²) in [6.07, 6.45) is -0.773. The number of hydrogen-bond acceptors (Lipinski definition) is 5. The minimum atomic E-state index is -1.11. The average molecular weight is 246 g/mol. The molecular weight excluding hydrogens is 234 g/mol. The molecule has 0 aromatic carbocycles. The van der Waals surface area contributed by atoms with E-state index in [1.165, 1.54) is 12.4 Å². The summed E-state index contributed by atoms with van der Waals surface area (Å²) in [6.45, 7) is -0.350. The Labute approximate surface area is 97.3 Å². The molecule has 0 radical (unpaired) electrons. The third-order valence-corrected chi connectivity index (χ3v) is 2.97. The number of pyridine rings is 1. The number of ether oxygens (including phenoxy) is 1. The fourth-order valence-electron chi connectivity index (χ4n) is 1.77. The third-order valence-electron chi connectivity index (χ3n) is 2.65. The molecule has 0 spiro atoms. The number of hydrogen-bond donors (Lipinski definition) is 3. The van der Waals surface area contributed by atoms with Gasteiger partial charge in [0.05, 0.1) is 11.6 Å².